The number of hydrogen-bond donors (Lipinski definition) is 4. The molecule has 2 aromatic rings. The number of para-hydroxylation sites is 1. The van der Waals surface area contributed by atoms with E-state index in [9.17, 15) is 19.5 Å². The summed E-state index contributed by atoms with van der Waals surface area (Å²) in [5, 5.41) is 17.8. The normalized spacial score (nSPS) is 13.3. The van der Waals surface area contributed by atoms with Crippen molar-refractivity contribution in [1.29, 1.82) is 0 Å². The zero-order valence-corrected chi connectivity index (χ0v) is 15.5. The molecule has 146 valence electrons. The Balaban J connectivity index is 1.69. The topological polar surface area (TPSA) is 117 Å². The summed E-state index contributed by atoms with van der Waals surface area (Å²) in [5.41, 5.74) is 0.551. The van der Waals surface area contributed by atoms with E-state index < -0.39 is 17.8 Å². The summed E-state index contributed by atoms with van der Waals surface area (Å²) >= 11 is 5.81. The van der Waals surface area contributed by atoms with Crippen LogP contribution in [-0.2, 0) is 16.1 Å². The highest BCUT2D eigenvalue weighted by atomic mass is 35.5. The highest BCUT2D eigenvalue weighted by molar-refractivity contribution is 6.40. The highest BCUT2D eigenvalue weighted by Gasteiger charge is 2.24. The molecule has 28 heavy (non-hydrogen) atoms. The van der Waals surface area contributed by atoms with Crippen LogP contribution >= 0.6 is 11.6 Å². The Labute approximate surface area is 165 Å². The van der Waals surface area contributed by atoms with E-state index in [1.54, 1.807) is 30.3 Å². The number of ether oxygens (including phenoxy) is 1. The molecule has 9 heteroatoms. The SMILES string of the molecule is O=C(NCc1ccc(Cl)cc1)C(=O)Nc1c(OC2CNC2)cccc1C(=O)O. The molecule has 0 bridgehead atoms. The van der Waals surface area contributed by atoms with Gasteiger partial charge in [0.25, 0.3) is 0 Å². The van der Waals surface area contributed by atoms with Gasteiger partial charge in [0.15, 0.2) is 0 Å². The molecule has 8 nitrogen and oxygen atoms in total. The fourth-order valence-corrected chi connectivity index (χ4v) is 2.62. The van der Waals surface area contributed by atoms with Gasteiger partial charge in [-0.25, -0.2) is 4.79 Å². The lowest BCUT2D eigenvalue weighted by molar-refractivity contribution is -0.136. The van der Waals surface area contributed by atoms with Crippen LogP contribution in [-0.4, -0.2) is 42.1 Å². The third-order valence-electron chi connectivity index (χ3n) is 4.11. The molecule has 0 unspecified atom stereocenters. The summed E-state index contributed by atoms with van der Waals surface area (Å²) in [5.74, 6) is -2.93. The standard InChI is InChI=1S/C19H18ClN3O5/c20-12-6-4-11(5-7-12)8-22-17(24)18(25)23-16-14(19(26)27)2-1-3-15(16)28-13-9-21-10-13/h1-7,13,21H,8-10H2,(H,22,24)(H,23,25)(H,26,27). The number of hydrogen-bond acceptors (Lipinski definition) is 5. The minimum absolute atomic E-state index is 0.0476. The molecular formula is C19H18ClN3O5. The Bertz CT molecular complexity index is 897. The van der Waals surface area contributed by atoms with Crippen molar-refractivity contribution < 1.29 is 24.2 Å². The molecule has 3 rings (SSSR count). The monoisotopic (exact) mass is 403 g/mol. The van der Waals surface area contributed by atoms with Gasteiger partial charge in [-0.05, 0) is 29.8 Å². The van der Waals surface area contributed by atoms with Crippen molar-refractivity contribution in [1.82, 2.24) is 10.6 Å². The van der Waals surface area contributed by atoms with Crippen LogP contribution in [0, 0.1) is 0 Å². The summed E-state index contributed by atoms with van der Waals surface area (Å²) in [6.45, 7) is 1.36. The third-order valence-corrected chi connectivity index (χ3v) is 4.36. The number of carboxylic acids is 1. The van der Waals surface area contributed by atoms with Gasteiger partial charge in [0.1, 0.15) is 11.9 Å². The lowest BCUT2D eigenvalue weighted by Crippen LogP contribution is -2.50. The molecule has 0 spiro atoms. The molecule has 0 aromatic heterocycles. The predicted octanol–water partition coefficient (Wildman–Crippen LogP) is 1.64. The van der Waals surface area contributed by atoms with E-state index in [1.165, 1.54) is 12.1 Å². The molecular weight excluding hydrogens is 386 g/mol. The van der Waals surface area contributed by atoms with E-state index >= 15 is 0 Å². The number of halogens is 1. The smallest absolute Gasteiger partial charge is 0.337 e. The molecule has 1 saturated heterocycles. The van der Waals surface area contributed by atoms with E-state index in [0.717, 1.165) is 5.56 Å². The maximum absolute atomic E-state index is 12.3. The first kappa shape index (κ1) is 19.7. The van der Waals surface area contributed by atoms with Gasteiger partial charge in [-0.3, -0.25) is 9.59 Å². The first-order valence-electron chi connectivity index (χ1n) is 8.51. The van der Waals surface area contributed by atoms with E-state index in [1.807, 2.05) is 0 Å². The highest BCUT2D eigenvalue weighted by Crippen LogP contribution is 2.30. The van der Waals surface area contributed by atoms with Gasteiger partial charge in [0.05, 0.1) is 11.3 Å². The minimum atomic E-state index is -1.24. The predicted molar refractivity (Wildman–Crippen MR) is 103 cm³/mol. The number of aromatic carboxylic acids is 1. The first-order chi connectivity index (χ1) is 13.4. The molecule has 1 heterocycles. The van der Waals surface area contributed by atoms with Crippen LogP contribution in [0.1, 0.15) is 15.9 Å². The summed E-state index contributed by atoms with van der Waals surface area (Å²) in [6, 6.07) is 11.2. The van der Waals surface area contributed by atoms with Gasteiger partial charge in [-0.1, -0.05) is 29.8 Å². The number of rotatable bonds is 6. The number of nitrogens with one attached hydrogen (secondary N) is 3. The van der Waals surface area contributed by atoms with E-state index in [0.29, 0.717) is 18.1 Å². The van der Waals surface area contributed by atoms with Gasteiger partial charge >= 0.3 is 17.8 Å². The zero-order chi connectivity index (χ0) is 20.1. The van der Waals surface area contributed by atoms with Crippen LogP contribution < -0.4 is 20.7 Å². The zero-order valence-electron chi connectivity index (χ0n) is 14.7. The Morgan fingerprint density at radius 3 is 2.43 bits per heavy atom. The molecule has 0 atom stereocenters. The van der Waals surface area contributed by atoms with Crippen molar-refractivity contribution >= 4 is 35.1 Å². The minimum Gasteiger partial charge on any atom is -0.486 e. The fraction of sp³-hybridized carbons (Fsp3) is 0.211. The van der Waals surface area contributed by atoms with E-state index in [4.69, 9.17) is 16.3 Å². The average Bonchev–Trinajstić information content (AvgIpc) is 2.64. The molecule has 0 radical (unpaired) electrons. The van der Waals surface area contributed by atoms with Crippen LogP contribution in [0.4, 0.5) is 5.69 Å². The molecule has 1 aliphatic heterocycles. The van der Waals surface area contributed by atoms with Crippen LogP contribution in [0.2, 0.25) is 5.02 Å². The van der Waals surface area contributed by atoms with Gasteiger partial charge in [-0.2, -0.15) is 0 Å². The number of carbonyl (C=O) groups excluding carboxylic acids is 2. The number of anilines is 1. The molecule has 2 aromatic carbocycles. The summed E-state index contributed by atoms with van der Waals surface area (Å²) in [6.07, 6.45) is -0.126. The quantitative estimate of drug-likeness (QED) is 0.545. The lowest BCUT2D eigenvalue weighted by atomic mass is 10.1. The molecule has 0 aliphatic carbocycles. The van der Waals surface area contributed by atoms with Gasteiger partial charge in [-0.15, -0.1) is 0 Å². The second-order valence-corrected chi connectivity index (χ2v) is 6.58. The Morgan fingerprint density at radius 1 is 1.11 bits per heavy atom. The van der Waals surface area contributed by atoms with Crippen LogP contribution in [0.25, 0.3) is 0 Å². The molecule has 2 amide bonds. The van der Waals surface area contributed by atoms with Crippen molar-refractivity contribution in [3.63, 3.8) is 0 Å². The molecule has 4 N–H and O–H groups in total. The fourth-order valence-electron chi connectivity index (χ4n) is 2.50. The second kappa shape index (κ2) is 8.73. The van der Waals surface area contributed by atoms with Crippen molar-refractivity contribution in [2.45, 2.75) is 12.6 Å². The van der Waals surface area contributed by atoms with Crippen molar-refractivity contribution in [3.05, 3.63) is 58.6 Å². The second-order valence-electron chi connectivity index (χ2n) is 6.15. The third kappa shape index (κ3) is 4.79. The van der Waals surface area contributed by atoms with Crippen molar-refractivity contribution in [2.75, 3.05) is 18.4 Å². The molecule has 1 fully saturated rings. The summed E-state index contributed by atoms with van der Waals surface area (Å²) in [4.78, 5) is 35.9. The van der Waals surface area contributed by atoms with E-state index in [2.05, 4.69) is 16.0 Å². The number of benzene rings is 2. The number of carbonyl (C=O) groups is 3. The average molecular weight is 404 g/mol. The van der Waals surface area contributed by atoms with E-state index in [-0.39, 0.29) is 29.6 Å². The molecule has 0 saturated carbocycles. The van der Waals surface area contributed by atoms with Crippen LogP contribution in [0.5, 0.6) is 5.75 Å². The van der Waals surface area contributed by atoms with Crippen molar-refractivity contribution in [3.8, 4) is 5.75 Å². The van der Waals surface area contributed by atoms with Crippen LogP contribution in [0.15, 0.2) is 42.5 Å². The number of amides is 2. The van der Waals surface area contributed by atoms with Gasteiger partial charge in [0.2, 0.25) is 0 Å². The van der Waals surface area contributed by atoms with Gasteiger partial charge in [0, 0.05) is 24.7 Å². The Hall–Kier alpha value is -3.10. The largest absolute Gasteiger partial charge is 0.486 e. The summed E-state index contributed by atoms with van der Waals surface area (Å²) in [7, 11) is 0. The first-order valence-corrected chi connectivity index (χ1v) is 8.89. The van der Waals surface area contributed by atoms with Crippen LogP contribution in [0.3, 0.4) is 0 Å². The summed E-state index contributed by atoms with van der Waals surface area (Å²) < 4.78 is 5.71. The number of carboxylic acid groups (broad SMARTS) is 1. The Morgan fingerprint density at radius 2 is 1.82 bits per heavy atom. The maximum Gasteiger partial charge on any atom is 0.337 e. The lowest BCUT2D eigenvalue weighted by Gasteiger charge is -2.29. The Kier molecular flexibility index (Phi) is 6.13. The molecule has 1 aliphatic rings. The maximum atomic E-state index is 12.3. The van der Waals surface area contributed by atoms with Crippen molar-refractivity contribution in [2.24, 2.45) is 0 Å². The van der Waals surface area contributed by atoms with Gasteiger partial charge < -0.3 is 25.8 Å².